The molecule has 0 aliphatic carbocycles. The van der Waals surface area contributed by atoms with E-state index in [9.17, 15) is 53.9 Å². The zero-order valence-electron chi connectivity index (χ0n) is 40.4. The van der Waals surface area contributed by atoms with Gasteiger partial charge in [-0.1, -0.05) is 127 Å². The summed E-state index contributed by atoms with van der Waals surface area (Å²) in [4.78, 5) is 38.5. The molecule has 0 saturated heterocycles. The van der Waals surface area contributed by atoms with Crippen LogP contribution in [0.2, 0.25) is 0 Å². The van der Waals surface area contributed by atoms with Crippen molar-refractivity contribution in [3.63, 3.8) is 0 Å². The van der Waals surface area contributed by atoms with Gasteiger partial charge in [-0.25, -0.2) is 39.5 Å². The summed E-state index contributed by atoms with van der Waals surface area (Å²) in [6, 6.07) is 50.4. The highest BCUT2D eigenvalue weighted by Gasteiger charge is 2.45. The second kappa shape index (κ2) is 23.1. The fraction of sp³-hybridized carbons (Fsp3) is 0.0952. The molecule has 0 aliphatic rings. The van der Waals surface area contributed by atoms with Crippen LogP contribution in [0.3, 0.4) is 0 Å². The molecular weight excluding hydrogens is 976 g/mol. The van der Waals surface area contributed by atoms with Crippen molar-refractivity contribution in [3.8, 4) is 0 Å². The molecule has 0 aromatic heterocycles. The van der Waals surface area contributed by atoms with Gasteiger partial charge in [0, 0.05) is 17.2 Å². The molecule has 0 heterocycles. The molecule has 0 N–H and O–H groups in total. The van der Waals surface area contributed by atoms with E-state index in [4.69, 9.17) is 0 Å². The highest BCUT2D eigenvalue weighted by molar-refractivity contribution is 5.97. The third kappa shape index (κ3) is 10.9. The number of rotatable bonds is 12. The van der Waals surface area contributed by atoms with Crippen molar-refractivity contribution < 1.29 is 53.9 Å². The quantitative estimate of drug-likeness (QED) is 0.0905. The van der Waals surface area contributed by atoms with Crippen LogP contribution in [0.25, 0.3) is 0 Å². The summed E-state index contributed by atoms with van der Waals surface area (Å²) in [6.45, 7) is 4.11. The molecule has 0 bridgehead atoms. The first kappa shape index (κ1) is 54.1. The Kier molecular flexibility index (Phi) is 16.6. The van der Waals surface area contributed by atoms with Crippen molar-refractivity contribution in [2.45, 2.75) is 37.0 Å². The van der Waals surface area contributed by atoms with Crippen LogP contribution in [-0.2, 0) is 30.6 Å². The summed E-state index contributed by atoms with van der Waals surface area (Å²) in [6.07, 6.45) is 0. The Balaban J connectivity index is 0.000000164. The molecule has 1 unspecified atom stereocenters. The summed E-state index contributed by atoms with van der Waals surface area (Å²) >= 11 is 0. The molecule has 9 aromatic rings. The highest BCUT2D eigenvalue weighted by Crippen LogP contribution is 2.44. The number of hydrogen-bond acceptors (Lipinski definition) is 3. The average molecular weight is 1020 g/mol. The van der Waals surface area contributed by atoms with Gasteiger partial charge in [-0.05, 0) is 145 Å². The van der Waals surface area contributed by atoms with Gasteiger partial charge in [-0.2, -0.15) is 0 Å². The summed E-state index contributed by atoms with van der Waals surface area (Å²) in [5.41, 5.74) is -0.748. The Labute approximate surface area is 427 Å². The molecule has 9 rings (SSSR count). The minimum atomic E-state index is -1.49. The Bertz CT molecular complexity index is 3190. The van der Waals surface area contributed by atoms with Crippen molar-refractivity contribution in [2.24, 2.45) is 0 Å². The van der Waals surface area contributed by atoms with Gasteiger partial charge in [0.05, 0.1) is 0 Å². The highest BCUT2D eigenvalue weighted by atomic mass is 19.2. The van der Waals surface area contributed by atoms with Crippen LogP contribution in [0.5, 0.6) is 0 Å². The molecule has 1 atom stereocenters. The summed E-state index contributed by atoms with van der Waals surface area (Å²) < 4.78 is 123. The van der Waals surface area contributed by atoms with Crippen molar-refractivity contribution in [3.05, 3.63) is 321 Å². The standard InChI is InChI=1S/3C21H15F3O/c1-14(25)21(15-2-8-18(22)9-3-15,16-4-10-19(23)11-5-16)17-6-12-20(24)13-7-17;1-14(25)21(15-6-10-17(22)11-7-15,16-8-12-18(23)13-9-16)19-4-2-3-5-20(19)24;1-14(25)21(15-5-3-2-4-6-15,16-7-9-17(22)10-8-16)19-12-11-18(23)13-20(19)24/h3*2-13H,1H3. The van der Waals surface area contributed by atoms with E-state index in [1.807, 2.05) is 0 Å². The van der Waals surface area contributed by atoms with Crippen molar-refractivity contribution in [1.82, 2.24) is 0 Å². The molecular formula is C63H45F9O3. The number of benzene rings is 9. The molecule has 378 valence electrons. The van der Waals surface area contributed by atoms with E-state index >= 15 is 0 Å². The summed E-state index contributed by atoms with van der Waals surface area (Å²) in [5.74, 6) is -5.75. The smallest absolute Gasteiger partial charge is 0.149 e. The first-order chi connectivity index (χ1) is 35.9. The van der Waals surface area contributed by atoms with E-state index in [-0.39, 0.29) is 28.5 Å². The van der Waals surface area contributed by atoms with Crippen LogP contribution in [0.4, 0.5) is 39.5 Å². The van der Waals surface area contributed by atoms with Crippen LogP contribution in [0, 0.1) is 52.4 Å². The normalized spacial score (nSPS) is 12.0. The van der Waals surface area contributed by atoms with Gasteiger partial charge < -0.3 is 0 Å². The van der Waals surface area contributed by atoms with Crippen molar-refractivity contribution in [1.29, 1.82) is 0 Å². The average Bonchev–Trinajstić information content (AvgIpc) is 3.40. The SMILES string of the molecule is CC(=O)C(c1ccc(F)cc1)(c1ccc(F)cc1)c1ccc(F)cc1.CC(=O)C(c1ccc(F)cc1)(c1ccc(F)cc1)c1ccccc1F.CC(=O)C(c1ccccc1)(c1ccc(F)cc1)c1ccc(F)cc1F. The van der Waals surface area contributed by atoms with Gasteiger partial charge in [0.15, 0.2) is 0 Å². The Morgan fingerprint density at radius 1 is 0.253 bits per heavy atom. The molecule has 0 radical (unpaired) electrons. The van der Waals surface area contributed by atoms with Gasteiger partial charge in [0.2, 0.25) is 0 Å². The summed E-state index contributed by atoms with van der Waals surface area (Å²) in [7, 11) is 0. The Morgan fingerprint density at radius 3 is 0.773 bits per heavy atom. The fourth-order valence-electron chi connectivity index (χ4n) is 9.70. The maximum absolute atomic E-state index is 14.7. The minimum Gasteiger partial charge on any atom is -0.298 e. The third-order valence-corrected chi connectivity index (χ3v) is 13.1. The lowest BCUT2D eigenvalue weighted by Gasteiger charge is -2.33. The molecule has 12 heteroatoms. The number of halogens is 9. The molecule has 0 amide bonds. The van der Waals surface area contributed by atoms with Gasteiger partial charge >= 0.3 is 0 Å². The molecule has 9 aromatic carbocycles. The van der Waals surface area contributed by atoms with Crippen LogP contribution in [0.1, 0.15) is 70.8 Å². The lowest BCUT2D eigenvalue weighted by molar-refractivity contribution is -0.120. The number of Topliss-reactive ketones (excluding diaryl/α,β-unsaturated/α-hetero) is 3. The van der Waals surface area contributed by atoms with E-state index in [0.29, 0.717) is 38.9 Å². The largest absolute Gasteiger partial charge is 0.298 e. The molecule has 0 saturated carbocycles. The van der Waals surface area contributed by atoms with E-state index < -0.39 is 68.6 Å². The second-order valence-electron chi connectivity index (χ2n) is 17.4. The molecule has 0 aliphatic heterocycles. The van der Waals surface area contributed by atoms with Crippen LogP contribution in [0.15, 0.2) is 218 Å². The minimum absolute atomic E-state index is 0.0270. The molecule has 75 heavy (non-hydrogen) atoms. The van der Waals surface area contributed by atoms with Gasteiger partial charge in [-0.15, -0.1) is 0 Å². The predicted molar refractivity (Wildman–Crippen MR) is 269 cm³/mol. The second-order valence-corrected chi connectivity index (χ2v) is 17.4. The lowest BCUT2D eigenvalue weighted by Crippen LogP contribution is -2.38. The summed E-state index contributed by atoms with van der Waals surface area (Å²) in [5, 5.41) is 0. The zero-order valence-corrected chi connectivity index (χ0v) is 40.4. The number of carbonyl (C=O) groups is 3. The number of hydrogen-bond donors (Lipinski definition) is 0. The zero-order chi connectivity index (χ0) is 54.1. The first-order valence-electron chi connectivity index (χ1n) is 23.2. The van der Waals surface area contributed by atoms with Gasteiger partial charge in [0.25, 0.3) is 0 Å². The maximum atomic E-state index is 14.7. The van der Waals surface area contributed by atoms with Crippen molar-refractivity contribution in [2.75, 3.05) is 0 Å². The van der Waals surface area contributed by atoms with E-state index in [2.05, 4.69) is 0 Å². The van der Waals surface area contributed by atoms with E-state index in [0.717, 1.165) is 12.1 Å². The van der Waals surface area contributed by atoms with Crippen LogP contribution < -0.4 is 0 Å². The van der Waals surface area contributed by atoms with Crippen molar-refractivity contribution >= 4 is 17.3 Å². The van der Waals surface area contributed by atoms with E-state index in [1.54, 1.807) is 36.4 Å². The Morgan fingerprint density at radius 2 is 0.493 bits per heavy atom. The maximum Gasteiger partial charge on any atom is 0.149 e. The lowest BCUT2D eigenvalue weighted by atomic mass is 9.67. The topological polar surface area (TPSA) is 51.2 Å². The predicted octanol–water partition coefficient (Wildman–Crippen LogP) is 15.1. The molecule has 0 fully saturated rings. The molecule has 3 nitrogen and oxygen atoms in total. The Hall–Kier alpha value is -8.64. The molecule has 0 spiro atoms. The number of ketones is 3. The van der Waals surface area contributed by atoms with Crippen LogP contribution >= 0.6 is 0 Å². The van der Waals surface area contributed by atoms with Gasteiger partial charge in [0.1, 0.15) is 85.9 Å². The monoisotopic (exact) mass is 1020 g/mol. The third-order valence-electron chi connectivity index (χ3n) is 13.1. The number of carbonyl (C=O) groups excluding carboxylic acids is 3. The first-order valence-corrected chi connectivity index (χ1v) is 23.2. The van der Waals surface area contributed by atoms with Crippen LogP contribution in [-0.4, -0.2) is 17.3 Å². The fourth-order valence-corrected chi connectivity index (χ4v) is 9.70. The van der Waals surface area contributed by atoms with Gasteiger partial charge in [-0.3, -0.25) is 14.4 Å². The van der Waals surface area contributed by atoms with E-state index in [1.165, 1.54) is 191 Å².